The van der Waals surface area contributed by atoms with Gasteiger partial charge in [0.25, 0.3) is 5.91 Å². The molecule has 1 fully saturated rings. The van der Waals surface area contributed by atoms with Crippen molar-refractivity contribution >= 4 is 46.6 Å². The molecule has 170 valence electrons. The lowest BCUT2D eigenvalue weighted by molar-refractivity contribution is -0.117. The molecule has 1 aliphatic heterocycles. The summed E-state index contributed by atoms with van der Waals surface area (Å²) in [5.74, 6) is -1.23. The SMILES string of the molecule is Cc1ccc(N2C(=O)[C@@H](Cc3ccc(F)cc3)S/C2=C(\C#N)C(=O)Nc2ccc(Cl)cc2)cc1. The van der Waals surface area contributed by atoms with Crippen LogP contribution in [0.4, 0.5) is 15.8 Å². The summed E-state index contributed by atoms with van der Waals surface area (Å²) in [4.78, 5) is 27.9. The first-order valence-corrected chi connectivity index (χ1v) is 11.6. The van der Waals surface area contributed by atoms with Gasteiger partial charge in [-0.05, 0) is 67.4 Å². The first-order valence-electron chi connectivity index (χ1n) is 10.4. The molecule has 1 atom stereocenters. The molecule has 3 aromatic rings. The van der Waals surface area contributed by atoms with Crippen molar-refractivity contribution in [1.82, 2.24) is 0 Å². The number of amides is 2. The molecular weight excluding hydrogens is 473 g/mol. The largest absolute Gasteiger partial charge is 0.321 e. The number of aryl methyl sites for hydroxylation is 1. The number of rotatable bonds is 5. The minimum absolute atomic E-state index is 0.171. The van der Waals surface area contributed by atoms with Crippen molar-refractivity contribution in [3.8, 4) is 6.07 Å². The van der Waals surface area contributed by atoms with Gasteiger partial charge in [0.2, 0.25) is 5.91 Å². The van der Waals surface area contributed by atoms with Gasteiger partial charge in [0.1, 0.15) is 22.5 Å². The lowest BCUT2D eigenvalue weighted by atomic mass is 10.1. The first-order chi connectivity index (χ1) is 16.4. The van der Waals surface area contributed by atoms with Crippen molar-refractivity contribution in [1.29, 1.82) is 5.26 Å². The molecule has 0 radical (unpaired) electrons. The molecule has 0 saturated carbocycles. The van der Waals surface area contributed by atoms with Crippen LogP contribution in [0.2, 0.25) is 5.02 Å². The van der Waals surface area contributed by atoms with Crippen molar-refractivity contribution in [2.45, 2.75) is 18.6 Å². The van der Waals surface area contributed by atoms with E-state index < -0.39 is 11.2 Å². The highest BCUT2D eigenvalue weighted by Crippen LogP contribution is 2.42. The second kappa shape index (κ2) is 10.1. The fourth-order valence-electron chi connectivity index (χ4n) is 3.48. The van der Waals surface area contributed by atoms with Gasteiger partial charge in [-0.25, -0.2) is 4.39 Å². The molecule has 3 aromatic carbocycles. The Bertz CT molecular complexity index is 1300. The van der Waals surface area contributed by atoms with Gasteiger partial charge in [-0.15, -0.1) is 0 Å². The quantitative estimate of drug-likeness (QED) is 0.359. The number of nitrogens with zero attached hydrogens (tertiary/aromatic N) is 2. The number of benzene rings is 3. The Morgan fingerprint density at radius 2 is 1.74 bits per heavy atom. The van der Waals surface area contributed by atoms with E-state index in [2.05, 4.69) is 5.32 Å². The smallest absolute Gasteiger partial charge is 0.269 e. The predicted octanol–water partition coefficient (Wildman–Crippen LogP) is 5.85. The summed E-state index contributed by atoms with van der Waals surface area (Å²) in [5, 5.41) is 12.8. The third-order valence-corrected chi connectivity index (χ3v) is 6.75. The maximum absolute atomic E-state index is 13.5. The number of nitrogens with one attached hydrogen (secondary N) is 1. The van der Waals surface area contributed by atoms with E-state index in [4.69, 9.17) is 11.6 Å². The number of halogens is 2. The van der Waals surface area contributed by atoms with E-state index in [0.717, 1.165) is 22.9 Å². The summed E-state index contributed by atoms with van der Waals surface area (Å²) in [6, 6.07) is 21.7. The summed E-state index contributed by atoms with van der Waals surface area (Å²) in [6.45, 7) is 1.93. The van der Waals surface area contributed by atoms with E-state index in [9.17, 15) is 19.2 Å². The molecule has 1 saturated heterocycles. The van der Waals surface area contributed by atoms with E-state index in [1.807, 2.05) is 25.1 Å². The van der Waals surface area contributed by atoms with Gasteiger partial charge < -0.3 is 5.32 Å². The normalized spacial score (nSPS) is 16.8. The van der Waals surface area contributed by atoms with Crippen LogP contribution in [0.3, 0.4) is 0 Å². The van der Waals surface area contributed by atoms with E-state index >= 15 is 0 Å². The average Bonchev–Trinajstić information content (AvgIpc) is 3.13. The first kappa shape index (κ1) is 23.6. The fraction of sp³-hybridized carbons (Fsp3) is 0.115. The molecule has 0 spiro atoms. The maximum Gasteiger partial charge on any atom is 0.269 e. The highest BCUT2D eigenvalue weighted by atomic mass is 35.5. The van der Waals surface area contributed by atoms with Gasteiger partial charge in [-0.2, -0.15) is 5.26 Å². The molecule has 1 aliphatic rings. The fourth-order valence-corrected chi connectivity index (χ4v) is 4.91. The molecule has 4 rings (SSSR count). The van der Waals surface area contributed by atoms with Gasteiger partial charge in [-0.1, -0.05) is 53.2 Å². The van der Waals surface area contributed by atoms with Gasteiger partial charge in [0.05, 0.1) is 5.25 Å². The molecule has 5 nitrogen and oxygen atoms in total. The minimum Gasteiger partial charge on any atom is -0.321 e. The van der Waals surface area contributed by atoms with Crippen LogP contribution < -0.4 is 10.2 Å². The average molecular weight is 492 g/mol. The molecule has 2 amide bonds. The zero-order valence-corrected chi connectivity index (χ0v) is 19.7. The standard InChI is InChI=1S/C26H19ClFN3O2S/c1-16-2-12-21(13-3-16)31-25(33)23(14-17-4-8-19(28)9-5-17)34-26(31)22(15-29)24(32)30-20-10-6-18(27)7-11-20/h2-13,23H,14H2,1H3,(H,30,32)/b26-22+/t23-/m1/s1. The Morgan fingerprint density at radius 1 is 1.09 bits per heavy atom. The van der Waals surface area contributed by atoms with Crippen LogP contribution >= 0.6 is 23.4 Å². The van der Waals surface area contributed by atoms with Crippen LogP contribution in [0.1, 0.15) is 11.1 Å². The van der Waals surface area contributed by atoms with Crippen LogP contribution in [-0.4, -0.2) is 17.1 Å². The Labute approximate surface area is 205 Å². The molecular formula is C26H19ClFN3O2S. The number of thioether (sulfide) groups is 1. The van der Waals surface area contributed by atoms with Crippen LogP contribution in [0, 0.1) is 24.1 Å². The van der Waals surface area contributed by atoms with Crippen LogP contribution in [0.5, 0.6) is 0 Å². The van der Waals surface area contributed by atoms with Crippen LogP contribution in [0.15, 0.2) is 83.4 Å². The summed E-state index contributed by atoms with van der Waals surface area (Å²) in [7, 11) is 0. The molecule has 0 aliphatic carbocycles. The van der Waals surface area contributed by atoms with E-state index in [0.29, 0.717) is 22.8 Å². The second-order valence-corrected chi connectivity index (χ2v) is 9.33. The number of hydrogen-bond donors (Lipinski definition) is 1. The molecule has 0 aromatic heterocycles. The van der Waals surface area contributed by atoms with Gasteiger partial charge in [0, 0.05) is 16.4 Å². The lowest BCUT2D eigenvalue weighted by Gasteiger charge is -2.19. The van der Waals surface area contributed by atoms with Gasteiger partial charge >= 0.3 is 0 Å². The zero-order chi connectivity index (χ0) is 24.2. The molecule has 8 heteroatoms. The zero-order valence-electron chi connectivity index (χ0n) is 18.1. The number of carbonyl (C=O) groups excluding carboxylic acids is 2. The third-order valence-electron chi connectivity index (χ3n) is 5.23. The lowest BCUT2D eigenvalue weighted by Crippen LogP contribution is -2.30. The van der Waals surface area contributed by atoms with E-state index in [-0.39, 0.29) is 22.3 Å². The Morgan fingerprint density at radius 3 is 2.35 bits per heavy atom. The summed E-state index contributed by atoms with van der Waals surface area (Å²) in [5.41, 5.74) is 2.66. The highest BCUT2D eigenvalue weighted by molar-refractivity contribution is 8.05. The number of anilines is 2. The van der Waals surface area contributed by atoms with Crippen molar-refractivity contribution in [2.24, 2.45) is 0 Å². The highest BCUT2D eigenvalue weighted by Gasteiger charge is 2.40. The summed E-state index contributed by atoms with van der Waals surface area (Å²) in [6.07, 6.45) is 0.327. The monoisotopic (exact) mass is 491 g/mol. The Balaban J connectivity index is 1.71. The second-order valence-electron chi connectivity index (χ2n) is 7.70. The van der Waals surface area contributed by atoms with Gasteiger partial charge in [-0.3, -0.25) is 14.5 Å². The van der Waals surface area contributed by atoms with Crippen molar-refractivity contribution in [3.63, 3.8) is 0 Å². The third kappa shape index (κ3) is 5.14. The molecule has 1 heterocycles. The molecule has 1 N–H and O–H groups in total. The maximum atomic E-state index is 13.5. The van der Waals surface area contributed by atoms with Crippen molar-refractivity contribution < 1.29 is 14.0 Å². The Hall–Kier alpha value is -3.60. The number of carbonyl (C=O) groups is 2. The van der Waals surface area contributed by atoms with E-state index in [1.54, 1.807) is 48.5 Å². The van der Waals surface area contributed by atoms with E-state index in [1.165, 1.54) is 17.0 Å². The summed E-state index contributed by atoms with van der Waals surface area (Å²) < 4.78 is 13.3. The van der Waals surface area contributed by atoms with Crippen molar-refractivity contribution in [3.05, 3.63) is 105 Å². The van der Waals surface area contributed by atoms with Gasteiger partial charge in [0.15, 0.2) is 0 Å². The van der Waals surface area contributed by atoms with Crippen LogP contribution in [-0.2, 0) is 16.0 Å². The number of nitriles is 1. The Kier molecular flexibility index (Phi) is 7.01. The molecule has 34 heavy (non-hydrogen) atoms. The minimum atomic E-state index is -0.625. The number of hydrogen-bond acceptors (Lipinski definition) is 4. The molecule has 0 unspecified atom stereocenters. The van der Waals surface area contributed by atoms with Crippen LogP contribution in [0.25, 0.3) is 0 Å². The molecule has 0 bridgehead atoms. The van der Waals surface area contributed by atoms with Crippen molar-refractivity contribution in [2.75, 3.05) is 10.2 Å². The predicted molar refractivity (Wildman–Crippen MR) is 133 cm³/mol. The summed E-state index contributed by atoms with van der Waals surface area (Å²) >= 11 is 7.06. The topological polar surface area (TPSA) is 73.2 Å².